The molecule has 1 aliphatic heterocycles. The molecule has 0 aromatic carbocycles. The molecule has 9 nitrogen and oxygen atoms in total. The van der Waals surface area contributed by atoms with Gasteiger partial charge in [0, 0.05) is 47.5 Å². The lowest BCUT2D eigenvalue weighted by molar-refractivity contribution is -0.118. The molecule has 3 fully saturated rings. The van der Waals surface area contributed by atoms with Crippen molar-refractivity contribution in [3.63, 3.8) is 0 Å². The number of nitrogens with one attached hydrogen (secondary N) is 1. The number of aromatic nitrogens is 5. The van der Waals surface area contributed by atoms with E-state index < -0.39 is 0 Å². The number of hydrogen-bond donors (Lipinski definition) is 1. The molecule has 2 saturated carbocycles. The smallest absolute Gasteiger partial charge is 0.273 e. The normalized spacial score (nSPS) is 25.7. The summed E-state index contributed by atoms with van der Waals surface area (Å²) in [6.45, 7) is 4.76. The van der Waals surface area contributed by atoms with E-state index in [0.29, 0.717) is 22.7 Å². The molecule has 3 aliphatic rings. The second-order valence-electron chi connectivity index (χ2n) is 9.95. The highest BCUT2D eigenvalue weighted by Gasteiger charge is 2.52. The quantitative estimate of drug-likeness (QED) is 0.567. The molecular formula is C25H26ClN7O2. The van der Waals surface area contributed by atoms with Crippen molar-refractivity contribution in [2.24, 2.45) is 11.8 Å². The van der Waals surface area contributed by atoms with Crippen molar-refractivity contribution in [2.45, 2.75) is 51.1 Å². The van der Waals surface area contributed by atoms with Crippen LogP contribution in [0.3, 0.4) is 0 Å². The second kappa shape index (κ2) is 8.41. The van der Waals surface area contributed by atoms with Crippen molar-refractivity contribution >= 4 is 29.2 Å². The van der Waals surface area contributed by atoms with E-state index in [0.717, 1.165) is 42.6 Å². The Labute approximate surface area is 207 Å². The molecule has 3 atom stereocenters. The first kappa shape index (κ1) is 22.2. The van der Waals surface area contributed by atoms with Crippen LogP contribution < -0.4 is 10.2 Å². The van der Waals surface area contributed by atoms with E-state index >= 15 is 0 Å². The summed E-state index contributed by atoms with van der Waals surface area (Å²) in [4.78, 5) is 35.9. The van der Waals surface area contributed by atoms with Gasteiger partial charge in [-0.2, -0.15) is 0 Å². The van der Waals surface area contributed by atoms with Gasteiger partial charge >= 0.3 is 0 Å². The van der Waals surface area contributed by atoms with Gasteiger partial charge in [0.1, 0.15) is 5.82 Å². The Morgan fingerprint density at radius 2 is 2.06 bits per heavy atom. The molecule has 0 spiro atoms. The molecule has 10 heteroatoms. The van der Waals surface area contributed by atoms with Crippen molar-refractivity contribution in [1.82, 2.24) is 30.3 Å². The fourth-order valence-corrected chi connectivity index (χ4v) is 5.38. The Morgan fingerprint density at radius 3 is 2.77 bits per heavy atom. The maximum atomic E-state index is 12.7. The maximum absolute atomic E-state index is 12.7. The zero-order valence-corrected chi connectivity index (χ0v) is 20.3. The largest absolute Gasteiger partial charge is 0.348 e. The van der Waals surface area contributed by atoms with E-state index in [9.17, 15) is 9.59 Å². The Morgan fingerprint density at radius 1 is 1.23 bits per heavy atom. The Kier molecular flexibility index (Phi) is 5.32. The zero-order valence-electron chi connectivity index (χ0n) is 19.6. The molecule has 0 bridgehead atoms. The molecule has 2 aliphatic carbocycles. The number of aryl methyl sites for hydroxylation is 1. The van der Waals surface area contributed by atoms with Crippen molar-refractivity contribution in [3.05, 3.63) is 64.3 Å². The van der Waals surface area contributed by atoms with Crippen LogP contribution in [0.25, 0.3) is 0 Å². The molecule has 3 aromatic rings. The number of fused-ring (bicyclic) bond motifs is 1. The minimum Gasteiger partial charge on any atom is -0.348 e. The third kappa shape index (κ3) is 4.07. The van der Waals surface area contributed by atoms with Gasteiger partial charge in [0.25, 0.3) is 5.91 Å². The molecule has 1 N–H and O–H groups in total. The third-order valence-electron chi connectivity index (χ3n) is 7.56. The molecule has 1 saturated heterocycles. The van der Waals surface area contributed by atoms with E-state index in [1.54, 1.807) is 34.2 Å². The van der Waals surface area contributed by atoms with Gasteiger partial charge < -0.3 is 5.32 Å². The van der Waals surface area contributed by atoms with E-state index in [1.165, 1.54) is 0 Å². The van der Waals surface area contributed by atoms with Crippen LogP contribution in [-0.2, 0) is 4.79 Å². The Bertz CT molecular complexity index is 1320. The monoisotopic (exact) mass is 491 g/mol. The van der Waals surface area contributed by atoms with Gasteiger partial charge in [-0.25, -0.2) is 9.67 Å². The van der Waals surface area contributed by atoms with Gasteiger partial charge in [-0.3, -0.25) is 19.5 Å². The van der Waals surface area contributed by atoms with Crippen LogP contribution in [-0.4, -0.2) is 49.4 Å². The number of halogens is 1. The van der Waals surface area contributed by atoms with Crippen LogP contribution in [0.5, 0.6) is 0 Å². The topological polar surface area (TPSA) is 106 Å². The average molecular weight is 492 g/mol. The fraction of sp³-hybridized carbons (Fsp3) is 0.440. The first-order valence-electron chi connectivity index (χ1n) is 12.0. The number of carbonyl (C=O) groups is 2. The molecule has 2 amide bonds. The second-order valence-corrected chi connectivity index (χ2v) is 10.4. The first-order valence-corrected chi connectivity index (χ1v) is 12.4. The highest BCUT2D eigenvalue weighted by atomic mass is 35.5. The SMILES string of the molecule is Cc1cc(N2C[C@H]3C[C@H]3C2=O)ncc1C(C)n1cc(C(=O)N[C@H]2C[C@@H](c3cc(Cl)ccn3)C2)nn1. The van der Waals surface area contributed by atoms with Gasteiger partial charge in [0.05, 0.1) is 12.2 Å². The van der Waals surface area contributed by atoms with E-state index in [1.807, 2.05) is 26.0 Å². The molecule has 35 heavy (non-hydrogen) atoms. The summed E-state index contributed by atoms with van der Waals surface area (Å²) >= 11 is 6.06. The molecule has 4 heterocycles. The molecular weight excluding hydrogens is 466 g/mol. The predicted octanol–water partition coefficient (Wildman–Crippen LogP) is 3.30. The van der Waals surface area contributed by atoms with Gasteiger partial charge in [-0.05, 0) is 68.4 Å². The van der Waals surface area contributed by atoms with Crippen LogP contribution >= 0.6 is 11.6 Å². The highest BCUT2D eigenvalue weighted by molar-refractivity contribution is 6.30. The van der Waals surface area contributed by atoms with Crippen LogP contribution in [0.4, 0.5) is 5.82 Å². The zero-order chi connectivity index (χ0) is 24.3. The van der Waals surface area contributed by atoms with Crippen LogP contribution in [0, 0.1) is 18.8 Å². The fourth-order valence-electron chi connectivity index (χ4n) is 5.21. The summed E-state index contributed by atoms with van der Waals surface area (Å²) in [6, 6.07) is 5.52. The van der Waals surface area contributed by atoms with Crippen molar-refractivity contribution < 1.29 is 9.59 Å². The summed E-state index contributed by atoms with van der Waals surface area (Å²) in [6.07, 6.45) is 7.84. The van der Waals surface area contributed by atoms with Crippen LogP contribution in [0.1, 0.15) is 65.5 Å². The molecule has 180 valence electrons. The van der Waals surface area contributed by atoms with E-state index in [4.69, 9.17) is 11.6 Å². The highest BCUT2D eigenvalue weighted by Crippen LogP contribution is 2.47. The van der Waals surface area contributed by atoms with Crippen LogP contribution in [0.15, 0.2) is 36.8 Å². The average Bonchev–Trinajstić information content (AvgIpc) is 3.27. The summed E-state index contributed by atoms with van der Waals surface area (Å²) in [5, 5.41) is 12.0. The van der Waals surface area contributed by atoms with Gasteiger partial charge in [0.2, 0.25) is 5.91 Å². The standard InChI is InChI=1S/C25H26ClN7O2/c1-13-5-23(32-11-16-8-19(16)25(32)35)28-10-20(13)14(2)33-12-22(30-31-33)24(34)29-18-6-15(7-18)21-9-17(26)3-4-27-21/h3-5,9-10,12,14-16,18-19H,6-8,11H2,1-2H3,(H,29,34)/t14?,15-,16-,18+,19-/m1/s1. The molecule has 1 unspecified atom stereocenters. The summed E-state index contributed by atoms with van der Waals surface area (Å²) in [5.41, 5.74) is 3.24. The van der Waals surface area contributed by atoms with Crippen molar-refractivity contribution in [1.29, 1.82) is 0 Å². The summed E-state index contributed by atoms with van der Waals surface area (Å²) in [7, 11) is 0. The summed E-state index contributed by atoms with van der Waals surface area (Å²) in [5.74, 6) is 1.67. The predicted molar refractivity (Wildman–Crippen MR) is 129 cm³/mol. The Balaban J connectivity index is 1.08. The number of pyridine rings is 2. The van der Waals surface area contributed by atoms with Crippen molar-refractivity contribution in [2.75, 3.05) is 11.4 Å². The number of hydrogen-bond acceptors (Lipinski definition) is 6. The Hall–Kier alpha value is -3.33. The number of amides is 2. The third-order valence-corrected chi connectivity index (χ3v) is 7.80. The number of nitrogens with zero attached hydrogens (tertiary/aromatic N) is 6. The maximum Gasteiger partial charge on any atom is 0.273 e. The molecule has 0 radical (unpaired) electrons. The van der Waals surface area contributed by atoms with Gasteiger partial charge in [-0.1, -0.05) is 16.8 Å². The molecule has 3 aromatic heterocycles. The molecule has 6 rings (SSSR count). The minimum absolute atomic E-state index is 0.0779. The van der Waals surface area contributed by atoms with E-state index in [-0.39, 0.29) is 35.5 Å². The number of piperidine rings is 1. The number of anilines is 1. The lowest BCUT2D eigenvalue weighted by Gasteiger charge is -2.35. The first-order chi connectivity index (χ1) is 16.9. The van der Waals surface area contributed by atoms with Crippen LogP contribution in [0.2, 0.25) is 5.02 Å². The minimum atomic E-state index is -0.234. The van der Waals surface area contributed by atoms with Crippen molar-refractivity contribution in [3.8, 4) is 0 Å². The lowest BCUT2D eigenvalue weighted by atomic mass is 9.78. The van der Waals surface area contributed by atoms with Gasteiger partial charge in [-0.15, -0.1) is 5.10 Å². The summed E-state index contributed by atoms with van der Waals surface area (Å²) < 4.78 is 1.67. The number of carbonyl (C=O) groups excluding carboxylic acids is 2. The van der Waals surface area contributed by atoms with E-state index in [2.05, 4.69) is 25.6 Å². The number of rotatable bonds is 6. The van der Waals surface area contributed by atoms with Gasteiger partial charge in [0.15, 0.2) is 5.69 Å². The lowest BCUT2D eigenvalue weighted by Crippen LogP contribution is -2.43.